The number of ether oxygens (including phenoxy) is 1. The third-order valence-electron chi connectivity index (χ3n) is 2.07. The van der Waals surface area contributed by atoms with Crippen molar-refractivity contribution in [3.05, 3.63) is 21.9 Å². The molecule has 1 aromatic heterocycles. The molecule has 0 atom stereocenters. The molecule has 8 heteroatoms. The molecule has 0 unspecified atom stereocenters. The Labute approximate surface area is 114 Å². The molecule has 1 heterocycles. The van der Waals surface area contributed by atoms with Gasteiger partial charge in [0.2, 0.25) is 10.0 Å². The Bertz CT molecular complexity index is 495. The monoisotopic (exact) mass is 342 g/mol. The summed E-state index contributed by atoms with van der Waals surface area (Å²) in [4.78, 5) is 3.77. The third-order valence-corrected chi connectivity index (χ3v) is 4.79. The molecule has 0 saturated heterocycles. The number of hydrogen-bond donors (Lipinski definition) is 0. The first kappa shape index (κ1) is 14.8. The fourth-order valence-electron chi connectivity index (χ4n) is 1.09. The molecule has 0 aromatic carbocycles. The van der Waals surface area contributed by atoms with Crippen molar-refractivity contribution in [3.8, 4) is 0 Å². The van der Waals surface area contributed by atoms with Crippen molar-refractivity contribution >= 4 is 37.6 Å². The summed E-state index contributed by atoms with van der Waals surface area (Å²) in [6.07, 6.45) is 1.44. The van der Waals surface area contributed by atoms with Gasteiger partial charge in [-0.3, -0.25) is 0 Å². The molecule has 17 heavy (non-hydrogen) atoms. The van der Waals surface area contributed by atoms with Gasteiger partial charge in [0.25, 0.3) is 0 Å². The van der Waals surface area contributed by atoms with Crippen molar-refractivity contribution in [1.29, 1.82) is 0 Å². The maximum atomic E-state index is 12.1. The molecule has 0 aliphatic rings. The number of halogens is 2. The summed E-state index contributed by atoms with van der Waals surface area (Å²) in [6.45, 7) is 0.566. The zero-order valence-electron chi connectivity index (χ0n) is 9.35. The molecule has 1 rings (SSSR count). The molecule has 0 bridgehead atoms. The lowest BCUT2D eigenvalue weighted by Gasteiger charge is -2.17. The number of pyridine rings is 1. The molecule has 1 aromatic rings. The molecule has 0 N–H and O–H groups in total. The van der Waals surface area contributed by atoms with E-state index in [9.17, 15) is 8.42 Å². The summed E-state index contributed by atoms with van der Waals surface area (Å²) in [5.41, 5.74) is 0. The van der Waals surface area contributed by atoms with E-state index >= 15 is 0 Å². The first-order chi connectivity index (χ1) is 7.89. The molecule has 0 amide bonds. The Balaban J connectivity index is 3.08. The summed E-state index contributed by atoms with van der Waals surface area (Å²) in [6, 6.07) is 1.42. The largest absolute Gasteiger partial charge is 0.383 e. The van der Waals surface area contributed by atoms with Crippen molar-refractivity contribution in [2.75, 3.05) is 27.3 Å². The van der Waals surface area contributed by atoms with Crippen LogP contribution in [-0.4, -0.2) is 45.0 Å². The van der Waals surface area contributed by atoms with Crippen molar-refractivity contribution in [3.63, 3.8) is 0 Å². The van der Waals surface area contributed by atoms with Gasteiger partial charge in [-0.2, -0.15) is 4.31 Å². The van der Waals surface area contributed by atoms with Gasteiger partial charge in [0.1, 0.15) is 10.0 Å². The first-order valence-corrected chi connectivity index (χ1v) is 7.27. The summed E-state index contributed by atoms with van der Waals surface area (Å²) in [5, 5.41) is -0.0440. The minimum absolute atomic E-state index is 0.0212. The van der Waals surface area contributed by atoms with Gasteiger partial charge < -0.3 is 4.74 Å². The minimum Gasteiger partial charge on any atom is -0.383 e. The summed E-state index contributed by atoms with van der Waals surface area (Å²) < 4.78 is 30.8. The number of aromatic nitrogens is 1. The molecule has 5 nitrogen and oxygen atoms in total. The number of likely N-dealkylation sites (N-methyl/N-ethyl adjacent to an activating group) is 1. The molecule has 96 valence electrons. The number of nitrogens with zero attached hydrogens (tertiary/aromatic N) is 2. The Morgan fingerprint density at radius 2 is 2.24 bits per heavy atom. The van der Waals surface area contributed by atoms with Gasteiger partial charge in [0, 0.05) is 31.4 Å². The number of methoxy groups -OCH3 is 1. The fraction of sp³-hybridized carbons (Fsp3) is 0.444. The second-order valence-electron chi connectivity index (χ2n) is 3.26. The molecule has 0 spiro atoms. The van der Waals surface area contributed by atoms with Crippen LogP contribution in [0.15, 0.2) is 21.6 Å². The van der Waals surface area contributed by atoms with Crippen LogP contribution >= 0.6 is 27.5 Å². The highest BCUT2D eigenvalue weighted by Crippen LogP contribution is 2.24. The van der Waals surface area contributed by atoms with E-state index in [1.807, 2.05) is 0 Å². The first-order valence-electron chi connectivity index (χ1n) is 4.66. The fourth-order valence-corrected chi connectivity index (χ4v) is 3.16. The van der Waals surface area contributed by atoms with E-state index in [0.717, 1.165) is 0 Å². The van der Waals surface area contributed by atoms with Gasteiger partial charge in [0.05, 0.1) is 6.61 Å². The van der Waals surface area contributed by atoms with Crippen molar-refractivity contribution < 1.29 is 13.2 Å². The van der Waals surface area contributed by atoms with E-state index in [2.05, 4.69) is 20.9 Å². The zero-order valence-corrected chi connectivity index (χ0v) is 12.5. The smallest absolute Gasteiger partial charge is 0.246 e. The molecule has 0 aliphatic heterocycles. The van der Waals surface area contributed by atoms with Crippen LogP contribution in [0.25, 0.3) is 0 Å². The highest BCUT2D eigenvalue weighted by molar-refractivity contribution is 9.10. The van der Waals surface area contributed by atoms with Crippen LogP contribution in [0.1, 0.15) is 0 Å². The summed E-state index contributed by atoms with van der Waals surface area (Å²) in [7, 11) is -0.664. The average molecular weight is 344 g/mol. The maximum Gasteiger partial charge on any atom is 0.246 e. The standard InChI is InChI=1S/C9H12BrClN2O3S/c1-13(3-4-16-2)17(14,15)8-5-7(10)6-12-9(8)11/h5-6H,3-4H2,1-2H3. The Hall–Kier alpha value is -0.210. The van der Waals surface area contributed by atoms with E-state index in [0.29, 0.717) is 11.1 Å². The average Bonchev–Trinajstić information content (AvgIpc) is 2.28. The number of sulfonamides is 1. The number of rotatable bonds is 5. The van der Waals surface area contributed by atoms with Crippen LogP contribution in [0.2, 0.25) is 5.15 Å². The van der Waals surface area contributed by atoms with Gasteiger partial charge in [-0.05, 0) is 22.0 Å². The van der Waals surface area contributed by atoms with E-state index in [1.54, 1.807) is 0 Å². The van der Waals surface area contributed by atoms with Crippen LogP contribution in [0.5, 0.6) is 0 Å². The second-order valence-corrected chi connectivity index (χ2v) is 6.55. The van der Waals surface area contributed by atoms with Gasteiger partial charge >= 0.3 is 0 Å². The van der Waals surface area contributed by atoms with Crippen LogP contribution in [-0.2, 0) is 14.8 Å². The van der Waals surface area contributed by atoms with E-state index in [4.69, 9.17) is 16.3 Å². The van der Waals surface area contributed by atoms with Gasteiger partial charge in [-0.15, -0.1) is 0 Å². The van der Waals surface area contributed by atoms with Crippen LogP contribution in [0.3, 0.4) is 0 Å². The Morgan fingerprint density at radius 1 is 1.59 bits per heavy atom. The van der Waals surface area contributed by atoms with Gasteiger partial charge in [-0.1, -0.05) is 11.6 Å². The van der Waals surface area contributed by atoms with Crippen LogP contribution in [0.4, 0.5) is 0 Å². The molecule has 0 radical (unpaired) electrons. The lowest BCUT2D eigenvalue weighted by atomic mass is 10.5. The highest BCUT2D eigenvalue weighted by Gasteiger charge is 2.24. The predicted molar refractivity (Wildman–Crippen MR) is 68.6 cm³/mol. The van der Waals surface area contributed by atoms with Crippen LogP contribution in [0, 0.1) is 0 Å². The molecule has 0 fully saturated rings. The summed E-state index contributed by atoms with van der Waals surface area (Å²) in [5.74, 6) is 0. The molecule has 0 saturated carbocycles. The number of hydrogen-bond acceptors (Lipinski definition) is 4. The maximum absolute atomic E-state index is 12.1. The molecular weight excluding hydrogens is 332 g/mol. The summed E-state index contributed by atoms with van der Waals surface area (Å²) >= 11 is 8.95. The molecule has 0 aliphatic carbocycles. The van der Waals surface area contributed by atoms with Gasteiger partial charge in [0.15, 0.2) is 0 Å². The third kappa shape index (κ3) is 3.62. The Morgan fingerprint density at radius 3 is 2.82 bits per heavy atom. The van der Waals surface area contributed by atoms with E-state index < -0.39 is 10.0 Å². The topological polar surface area (TPSA) is 59.5 Å². The van der Waals surface area contributed by atoms with Gasteiger partial charge in [-0.25, -0.2) is 13.4 Å². The second kappa shape index (κ2) is 6.10. The van der Waals surface area contributed by atoms with E-state index in [-0.39, 0.29) is 16.6 Å². The zero-order chi connectivity index (χ0) is 13.1. The lowest BCUT2D eigenvalue weighted by molar-refractivity contribution is 0.185. The highest BCUT2D eigenvalue weighted by atomic mass is 79.9. The SMILES string of the molecule is COCCN(C)S(=O)(=O)c1cc(Br)cnc1Cl. The van der Waals surface area contributed by atoms with Crippen molar-refractivity contribution in [1.82, 2.24) is 9.29 Å². The minimum atomic E-state index is -3.64. The van der Waals surface area contributed by atoms with Crippen molar-refractivity contribution in [2.45, 2.75) is 4.90 Å². The normalized spacial score (nSPS) is 12.1. The van der Waals surface area contributed by atoms with E-state index in [1.165, 1.54) is 30.7 Å². The quantitative estimate of drug-likeness (QED) is 0.765. The lowest BCUT2D eigenvalue weighted by Crippen LogP contribution is -2.30. The Kier molecular flexibility index (Phi) is 5.33. The van der Waals surface area contributed by atoms with Crippen molar-refractivity contribution in [2.24, 2.45) is 0 Å². The predicted octanol–water partition coefficient (Wildman–Crippen LogP) is 1.76. The molecular formula is C9H12BrClN2O3S. The van der Waals surface area contributed by atoms with Crippen LogP contribution < -0.4 is 0 Å².